The number of H-pyrrole nitrogens is 1. The molecular weight excluding hydrogens is 252 g/mol. The fourth-order valence-corrected chi connectivity index (χ4v) is 2.60. The van der Waals surface area contributed by atoms with Crippen LogP contribution >= 0.6 is 0 Å². The number of anilines is 1. The Kier molecular flexibility index (Phi) is 3.03. The summed E-state index contributed by atoms with van der Waals surface area (Å²) in [5.41, 5.74) is 6.05. The Labute approximate surface area is 118 Å². The lowest BCUT2D eigenvalue weighted by Gasteiger charge is -2.05. The molecule has 0 radical (unpaired) electrons. The molecule has 0 bridgehead atoms. The van der Waals surface area contributed by atoms with Crippen molar-refractivity contribution in [2.45, 2.75) is 20.1 Å². The smallest absolute Gasteiger partial charge is 0.151 e. The van der Waals surface area contributed by atoms with E-state index in [-0.39, 0.29) is 0 Å². The van der Waals surface area contributed by atoms with E-state index in [4.69, 9.17) is 4.74 Å². The molecule has 2 aromatic rings. The molecule has 20 heavy (non-hydrogen) atoms. The first-order chi connectivity index (χ1) is 9.58. The number of hydrogen-bond acceptors (Lipinski definition) is 3. The Bertz CT molecular complexity index is 686. The van der Waals surface area contributed by atoms with E-state index in [0.717, 1.165) is 34.0 Å². The number of aliphatic hydroxyl groups is 1. The molecule has 4 heteroatoms. The molecule has 1 aromatic carbocycles. The fourth-order valence-electron chi connectivity index (χ4n) is 2.60. The first-order valence-corrected chi connectivity index (χ1v) is 6.59. The van der Waals surface area contributed by atoms with Crippen LogP contribution in [0, 0.1) is 13.8 Å². The monoisotopic (exact) mass is 270 g/mol. The van der Waals surface area contributed by atoms with Crippen molar-refractivity contribution in [2.24, 2.45) is 0 Å². The molecule has 1 unspecified atom stereocenters. The second kappa shape index (κ2) is 4.72. The van der Waals surface area contributed by atoms with Gasteiger partial charge in [0.1, 0.15) is 5.75 Å². The van der Waals surface area contributed by atoms with Crippen molar-refractivity contribution in [3.63, 3.8) is 0 Å². The van der Waals surface area contributed by atoms with Crippen molar-refractivity contribution >= 4 is 17.3 Å². The van der Waals surface area contributed by atoms with E-state index in [1.807, 2.05) is 31.2 Å². The predicted molar refractivity (Wildman–Crippen MR) is 80.8 cm³/mol. The van der Waals surface area contributed by atoms with Gasteiger partial charge >= 0.3 is 0 Å². The lowest BCUT2D eigenvalue weighted by molar-refractivity contribution is 0.266. The SMILES string of the molecule is COc1ccc2c(c1)/C(=C/c1[nH]c(C)cc1C)C(O)N2. The number of benzene rings is 1. The van der Waals surface area contributed by atoms with Gasteiger partial charge in [0, 0.05) is 28.2 Å². The number of hydrogen-bond donors (Lipinski definition) is 3. The molecular formula is C16H18N2O2. The average Bonchev–Trinajstić information content (AvgIpc) is 2.90. The molecule has 2 heterocycles. The highest BCUT2D eigenvalue weighted by molar-refractivity contribution is 5.94. The van der Waals surface area contributed by atoms with Crippen LogP contribution in [0.3, 0.4) is 0 Å². The van der Waals surface area contributed by atoms with Gasteiger partial charge in [-0.2, -0.15) is 0 Å². The molecule has 0 aliphatic carbocycles. The summed E-state index contributed by atoms with van der Waals surface area (Å²) < 4.78 is 5.26. The Morgan fingerprint density at radius 3 is 2.70 bits per heavy atom. The summed E-state index contributed by atoms with van der Waals surface area (Å²) in [6.07, 6.45) is 1.30. The maximum atomic E-state index is 10.2. The fraction of sp³-hybridized carbons (Fsp3) is 0.250. The quantitative estimate of drug-likeness (QED) is 0.786. The minimum Gasteiger partial charge on any atom is -0.497 e. The van der Waals surface area contributed by atoms with Gasteiger partial charge in [0.2, 0.25) is 0 Å². The summed E-state index contributed by atoms with van der Waals surface area (Å²) in [5.74, 6) is 0.782. The van der Waals surface area contributed by atoms with Gasteiger partial charge in [0.15, 0.2) is 6.23 Å². The average molecular weight is 270 g/mol. The maximum Gasteiger partial charge on any atom is 0.151 e. The normalized spacial score (nSPS) is 19.0. The maximum absolute atomic E-state index is 10.2. The Balaban J connectivity index is 2.09. The number of aromatic amines is 1. The van der Waals surface area contributed by atoms with Crippen LogP contribution in [0.25, 0.3) is 11.6 Å². The third-order valence-electron chi connectivity index (χ3n) is 3.61. The zero-order valence-corrected chi connectivity index (χ0v) is 11.8. The zero-order valence-electron chi connectivity index (χ0n) is 11.8. The number of aromatic nitrogens is 1. The molecule has 0 saturated carbocycles. The van der Waals surface area contributed by atoms with Crippen LogP contribution in [-0.4, -0.2) is 23.4 Å². The molecule has 3 rings (SSSR count). The van der Waals surface area contributed by atoms with E-state index in [1.54, 1.807) is 7.11 Å². The molecule has 104 valence electrons. The van der Waals surface area contributed by atoms with Crippen molar-refractivity contribution in [3.8, 4) is 5.75 Å². The van der Waals surface area contributed by atoms with Gasteiger partial charge < -0.3 is 20.1 Å². The molecule has 0 amide bonds. The topological polar surface area (TPSA) is 57.3 Å². The van der Waals surface area contributed by atoms with E-state index < -0.39 is 6.23 Å². The number of aliphatic hydroxyl groups excluding tert-OH is 1. The zero-order chi connectivity index (χ0) is 14.3. The predicted octanol–water partition coefficient (Wildman–Crippen LogP) is 2.92. The van der Waals surface area contributed by atoms with Crippen molar-refractivity contribution in [2.75, 3.05) is 12.4 Å². The van der Waals surface area contributed by atoms with Crippen molar-refractivity contribution in [1.82, 2.24) is 4.98 Å². The lowest BCUT2D eigenvalue weighted by atomic mass is 10.0. The van der Waals surface area contributed by atoms with E-state index in [0.29, 0.717) is 0 Å². The van der Waals surface area contributed by atoms with Gasteiger partial charge in [-0.3, -0.25) is 0 Å². The van der Waals surface area contributed by atoms with Gasteiger partial charge in [-0.15, -0.1) is 0 Å². The highest BCUT2D eigenvalue weighted by Crippen LogP contribution is 2.37. The van der Waals surface area contributed by atoms with E-state index in [9.17, 15) is 5.11 Å². The summed E-state index contributed by atoms with van der Waals surface area (Å²) in [4.78, 5) is 3.30. The van der Waals surface area contributed by atoms with Crippen LogP contribution in [0.15, 0.2) is 24.3 Å². The molecule has 1 aliphatic heterocycles. The van der Waals surface area contributed by atoms with Crippen molar-refractivity contribution in [3.05, 3.63) is 46.8 Å². The number of aryl methyl sites for hydroxylation is 2. The summed E-state index contributed by atoms with van der Waals surface area (Å²) in [7, 11) is 1.64. The van der Waals surface area contributed by atoms with Crippen molar-refractivity contribution < 1.29 is 9.84 Å². The van der Waals surface area contributed by atoms with Crippen LogP contribution in [0.5, 0.6) is 5.75 Å². The second-order valence-electron chi connectivity index (χ2n) is 5.11. The Hall–Kier alpha value is -2.20. The molecule has 4 nitrogen and oxygen atoms in total. The third-order valence-corrected chi connectivity index (χ3v) is 3.61. The molecule has 0 saturated heterocycles. The third kappa shape index (κ3) is 2.08. The van der Waals surface area contributed by atoms with E-state index in [1.165, 1.54) is 5.56 Å². The molecule has 3 N–H and O–H groups in total. The Morgan fingerprint density at radius 2 is 2.05 bits per heavy atom. The van der Waals surface area contributed by atoms with Gasteiger partial charge in [-0.1, -0.05) is 0 Å². The molecule has 1 aromatic heterocycles. The van der Waals surface area contributed by atoms with Gasteiger partial charge in [-0.05, 0) is 49.8 Å². The summed E-state index contributed by atoms with van der Waals surface area (Å²) in [6, 6.07) is 7.83. The van der Waals surface area contributed by atoms with Crippen molar-refractivity contribution in [1.29, 1.82) is 0 Å². The largest absolute Gasteiger partial charge is 0.497 e. The number of ether oxygens (including phenoxy) is 1. The van der Waals surface area contributed by atoms with Crippen LogP contribution in [-0.2, 0) is 0 Å². The summed E-state index contributed by atoms with van der Waals surface area (Å²) in [6.45, 7) is 4.08. The molecule has 0 fully saturated rings. The summed E-state index contributed by atoms with van der Waals surface area (Å²) >= 11 is 0. The lowest BCUT2D eigenvalue weighted by Crippen LogP contribution is -2.12. The summed E-state index contributed by atoms with van der Waals surface area (Å²) in [5, 5.41) is 13.3. The minimum absolute atomic E-state index is 0.694. The highest BCUT2D eigenvalue weighted by Gasteiger charge is 2.25. The van der Waals surface area contributed by atoms with Gasteiger partial charge in [-0.25, -0.2) is 0 Å². The van der Waals surface area contributed by atoms with Gasteiger partial charge in [0.25, 0.3) is 0 Å². The van der Waals surface area contributed by atoms with Crippen LogP contribution in [0.2, 0.25) is 0 Å². The number of rotatable bonds is 2. The van der Waals surface area contributed by atoms with Crippen LogP contribution in [0.1, 0.15) is 22.5 Å². The molecule has 1 atom stereocenters. The highest BCUT2D eigenvalue weighted by atomic mass is 16.5. The van der Waals surface area contributed by atoms with E-state index in [2.05, 4.69) is 23.3 Å². The number of nitrogens with one attached hydrogen (secondary N) is 2. The van der Waals surface area contributed by atoms with E-state index >= 15 is 0 Å². The Morgan fingerprint density at radius 1 is 1.25 bits per heavy atom. The van der Waals surface area contributed by atoms with Gasteiger partial charge in [0.05, 0.1) is 7.11 Å². The minimum atomic E-state index is -0.694. The van der Waals surface area contributed by atoms with Crippen LogP contribution in [0.4, 0.5) is 5.69 Å². The standard InChI is InChI=1S/C16H18N2O2/c1-9-6-10(2)17-15(9)8-13-12-7-11(20-3)4-5-14(12)18-16(13)19/h4-8,16-19H,1-3H3/b13-8-. The second-order valence-corrected chi connectivity index (χ2v) is 5.11. The number of fused-ring (bicyclic) bond motifs is 1. The molecule has 0 spiro atoms. The van der Waals surface area contributed by atoms with Crippen LogP contribution < -0.4 is 10.1 Å². The first-order valence-electron chi connectivity index (χ1n) is 6.59. The number of methoxy groups -OCH3 is 1. The molecule has 1 aliphatic rings. The first kappa shape index (κ1) is 12.8.